The number of ether oxygens (including phenoxy) is 2. The molecule has 6 nitrogen and oxygen atoms in total. The number of hydrogen-bond acceptors (Lipinski definition) is 5. The summed E-state index contributed by atoms with van der Waals surface area (Å²) in [6.45, 7) is 2.40. The third-order valence-corrected chi connectivity index (χ3v) is 3.10. The SMILES string of the molecule is CCCOc1ccc(S(N)(=O)=O)c(C(=O)OC)c1. The van der Waals surface area contributed by atoms with Crippen LogP contribution in [0.4, 0.5) is 0 Å². The molecule has 0 aliphatic heterocycles. The smallest absolute Gasteiger partial charge is 0.339 e. The first-order valence-electron chi connectivity index (χ1n) is 5.28. The third-order valence-electron chi connectivity index (χ3n) is 2.14. The number of methoxy groups -OCH3 is 1. The molecule has 0 aromatic heterocycles. The molecule has 1 aromatic carbocycles. The number of primary sulfonamides is 1. The predicted molar refractivity (Wildman–Crippen MR) is 64.9 cm³/mol. The number of carbonyl (C=O) groups is 1. The Morgan fingerprint density at radius 3 is 2.56 bits per heavy atom. The highest BCUT2D eigenvalue weighted by Gasteiger charge is 2.20. The van der Waals surface area contributed by atoms with E-state index in [0.29, 0.717) is 12.4 Å². The third kappa shape index (κ3) is 3.44. The number of hydrogen-bond donors (Lipinski definition) is 1. The van der Waals surface area contributed by atoms with Crippen molar-refractivity contribution in [1.29, 1.82) is 0 Å². The van der Waals surface area contributed by atoms with E-state index >= 15 is 0 Å². The van der Waals surface area contributed by atoms with Crippen LogP contribution in [-0.4, -0.2) is 28.1 Å². The van der Waals surface area contributed by atoms with E-state index in [4.69, 9.17) is 9.88 Å². The number of sulfonamides is 1. The molecule has 0 bridgehead atoms. The predicted octanol–water partition coefficient (Wildman–Crippen LogP) is 0.909. The summed E-state index contributed by atoms with van der Waals surface area (Å²) in [5.74, 6) is -0.384. The molecule has 2 N–H and O–H groups in total. The molecule has 18 heavy (non-hydrogen) atoms. The van der Waals surface area contributed by atoms with E-state index in [1.165, 1.54) is 18.2 Å². The molecule has 0 fully saturated rings. The molecule has 1 rings (SSSR count). The average Bonchev–Trinajstić information content (AvgIpc) is 2.33. The first kappa shape index (κ1) is 14.5. The highest BCUT2D eigenvalue weighted by Crippen LogP contribution is 2.22. The molecule has 0 unspecified atom stereocenters. The van der Waals surface area contributed by atoms with Crippen molar-refractivity contribution in [3.63, 3.8) is 0 Å². The van der Waals surface area contributed by atoms with E-state index in [1.54, 1.807) is 0 Å². The second-order valence-corrected chi connectivity index (χ2v) is 5.07. The molecule has 0 amide bonds. The molecule has 0 radical (unpaired) electrons. The summed E-state index contributed by atoms with van der Waals surface area (Å²) in [6, 6.07) is 3.98. The quantitative estimate of drug-likeness (QED) is 0.804. The summed E-state index contributed by atoms with van der Waals surface area (Å²) < 4.78 is 32.5. The number of nitrogens with two attached hydrogens (primary N) is 1. The lowest BCUT2D eigenvalue weighted by atomic mass is 10.2. The molecule has 0 saturated carbocycles. The minimum absolute atomic E-state index is 0.131. The maximum atomic E-state index is 11.5. The fraction of sp³-hybridized carbons (Fsp3) is 0.364. The Kier molecular flexibility index (Phi) is 4.69. The van der Waals surface area contributed by atoms with Crippen LogP contribution in [0.5, 0.6) is 5.75 Å². The lowest BCUT2D eigenvalue weighted by Crippen LogP contribution is -2.17. The minimum atomic E-state index is -3.98. The van der Waals surface area contributed by atoms with Crippen LogP contribution in [0.15, 0.2) is 23.1 Å². The molecular formula is C11H15NO5S. The Bertz CT molecular complexity index is 538. The molecular weight excluding hydrogens is 258 g/mol. The summed E-state index contributed by atoms with van der Waals surface area (Å²) >= 11 is 0. The van der Waals surface area contributed by atoms with Crippen molar-refractivity contribution in [3.8, 4) is 5.75 Å². The molecule has 1 aromatic rings. The lowest BCUT2D eigenvalue weighted by molar-refractivity contribution is 0.0595. The van der Waals surface area contributed by atoms with Gasteiger partial charge in [-0.05, 0) is 24.6 Å². The number of benzene rings is 1. The molecule has 0 aliphatic rings. The van der Waals surface area contributed by atoms with Gasteiger partial charge in [-0.1, -0.05) is 6.92 Å². The van der Waals surface area contributed by atoms with Crippen LogP contribution < -0.4 is 9.88 Å². The van der Waals surface area contributed by atoms with Gasteiger partial charge in [0.1, 0.15) is 5.75 Å². The van der Waals surface area contributed by atoms with Gasteiger partial charge < -0.3 is 9.47 Å². The second-order valence-electron chi connectivity index (χ2n) is 3.54. The van der Waals surface area contributed by atoms with Crippen LogP contribution in [0.25, 0.3) is 0 Å². The fourth-order valence-corrected chi connectivity index (χ4v) is 2.04. The van der Waals surface area contributed by atoms with Gasteiger partial charge in [-0.2, -0.15) is 0 Å². The lowest BCUT2D eigenvalue weighted by Gasteiger charge is -2.09. The van der Waals surface area contributed by atoms with Crippen LogP contribution in [0.1, 0.15) is 23.7 Å². The largest absolute Gasteiger partial charge is 0.494 e. The van der Waals surface area contributed by atoms with E-state index in [1.807, 2.05) is 6.92 Å². The van der Waals surface area contributed by atoms with Crippen LogP contribution in [-0.2, 0) is 14.8 Å². The van der Waals surface area contributed by atoms with Gasteiger partial charge in [-0.15, -0.1) is 0 Å². The molecule has 100 valence electrons. The fourth-order valence-electron chi connectivity index (χ4n) is 1.34. The maximum absolute atomic E-state index is 11.5. The average molecular weight is 273 g/mol. The molecule has 0 saturated heterocycles. The van der Waals surface area contributed by atoms with Crippen molar-refractivity contribution in [2.24, 2.45) is 5.14 Å². The Hall–Kier alpha value is -1.60. The summed E-state index contributed by atoms with van der Waals surface area (Å²) in [4.78, 5) is 11.2. The summed E-state index contributed by atoms with van der Waals surface area (Å²) in [6.07, 6.45) is 0.796. The molecule has 0 heterocycles. The van der Waals surface area contributed by atoms with E-state index in [2.05, 4.69) is 4.74 Å². The number of esters is 1. The van der Waals surface area contributed by atoms with Gasteiger partial charge in [-0.3, -0.25) is 0 Å². The van der Waals surface area contributed by atoms with Gasteiger partial charge >= 0.3 is 5.97 Å². The topological polar surface area (TPSA) is 95.7 Å². The van der Waals surface area contributed by atoms with Crippen LogP contribution in [0, 0.1) is 0 Å². The Morgan fingerprint density at radius 1 is 1.39 bits per heavy atom. The zero-order valence-corrected chi connectivity index (χ0v) is 11.0. The van der Waals surface area contributed by atoms with E-state index in [9.17, 15) is 13.2 Å². The van der Waals surface area contributed by atoms with Crippen molar-refractivity contribution in [3.05, 3.63) is 23.8 Å². The van der Waals surface area contributed by atoms with Crippen LogP contribution >= 0.6 is 0 Å². The van der Waals surface area contributed by atoms with Gasteiger partial charge in [0.25, 0.3) is 0 Å². The zero-order chi connectivity index (χ0) is 13.8. The normalized spacial score (nSPS) is 11.1. The highest BCUT2D eigenvalue weighted by atomic mass is 32.2. The van der Waals surface area contributed by atoms with Crippen molar-refractivity contribution in [1.82, 2.24) is 0 Å². The van der Waals surface area contributed by atoms with Crippen molar-refractivity contribution < 1.29 is 22.7 Å². The van der Waals surface area contributed by atoms with Crippen molar-refractivity contribution in [2.45, 2.75) is 18.2 Å². The molecule has 7 heteroatoms. The van der Waals surface area contributed by atoms with Gasteiger partial charge in [0, 0.05) is 0 Å². The summed E-state index contributed by atoms with van der Waals surface area (Å²) in [7, 11) is -2.82. The molecule has 0 atom stereocenters. The first-order valence-corrected chi connectivity index (χ1v) is 6.82. The van der Waals surface area contributed by atoms with Crippen molar-refractivity contribution >= 4 is 16.0 Å². The second kappa shape index (κ2) is 5.83. The van der Waals surface area contributed by atoms with E-state index in [0.717, 1.165) is 13.5 Å². The van der Waals surface area contributed by atoms with Crippen LogP contribution in [0.2, 0.25) is 0 Å². The van der Waals surface area contributed by atoms with E-state index in [-0.39, 0.29) is 10.5 Å². The Morgan fingerprint density at radius 2 is 2.06 bits per heavy atom. The first-order chi connectivity index (χ1) is 8.40. The van der Waals surface area contributed by atoms with E-state index < -0.39 is 16.0 Å². The van der Waals surface area contributed by atoms with Crippen molar-refractivity contribution in [2.75, 3.05) is 13.7 Å². The summed E-state index contributed by atoms with van der Waals surface area (Å²) in [5, 5.41) is 5.02. The van der Waals surface area contributed by atoms with Gasteiger partial charge in [0.2, 0.25) is 10.0 Å². The van der Waals surface area contributed by atoms with Gasteiger partial charge in [0.15, 0.2) is 0 Å². The zero-order valence-electron chi connectivity index (χ0n) is 10.2. The number of carbonyl (C=O) groups excluding carboxylic acids is 1. The Labute approximate surface area is 106 Å². The number of rotatable bonds is 5. The highest BCUT2D eigenvalue weighted by molar-refractivity contribution is 7.89. The minimum Gasteiger partial charge on any atom is -0.494 e. The standard InChI is InChI=1S/C11H15NO5S/c1-3-6-17-8-4-5-10(18(12,14)15)9(7-8)11(13)16-2/h4-5,7H,3,6H2,1-2H3,(H2,12,14,15). The molecule has 0 spiro atoms. The van der Waals surface area contributed by atoms with Gasteiger partial charge in [0.05, 0.1) is 24.2 Å². The summed E-state index contributed by atoms with van der Waals surface area (Å²) in [5.41, 5.74) is -0.131. The maximum Gasteiger partial charge on any atom is 0.339 e. The monoisotopic (exact) mass is 273 g/mol. The Balaban J connectivity index is 3.25. The molecule has 0 aliphatic carbocycles. The van der Waals surface area contributed by atoms with Crippen LogP contribution in [0.3, 0.4) is 0 Å². The van der Waals surface area contributed by atoms with Gasteiger partial charge in [-0.25, -0.2) is 18.4 Å².